The van der Waals surface area contributed by atoms with Gasteiger partial charge < -0.3 is 5.73 Å². The molecule has 0 radical (unpaired) electrons. The van der Waals surface area contributed by atoms with Gasteiger partial charge in [0.15, 0.2) is 5.52 Å². The molecule has 0 spiro atoms. The second-order valence-electron chi connectivity index (χ2n) is 1.80. The average molecular weight is 133 g/mol. The van der Waals surface area contributed by atoms with Crippen LogP contribution in [0.2, 0.25) is 0 Å². The van der Waals surface area contributed by atoms with E-state index in [1.54, 1.807) is 0 Å². The van der Waals surface area contributed by atoms with Crippen LogP contribution >= 0.6 is 9.24 Å². The highest BCUT2D eigenvalue weighted by Gasteiger charge is 2.04. The van der Waals surface area contributed by atoms with E-state index in [2.05, 4.69) is 9.24 Å². The fraction of sp³-hybridized carbons (Fsp3) is 0.800. The van der Waals surface area contributed by atoms with E-state index < -0.39 is 0 Å². The molecule has 0 saturated heterocycles. The molecule has 48 valence electrons. The lowest BCUT2D eigenvalue weighted by Crippen LogP contribution is -2.25. The fourth-order valence-electron chi connectivity index (χ4n) is 0.453. The largest absolute Gasteiger partial charge is 0.321 e. The lowest BCUT2D eigenvalue weighted by molar-refractivity contribution is -0.112. The van der Waals surface area contributed by atoms with Crippen molar-refractivity contribution < 1.29 is 4.79 Å². The molecule has 0 aromatic heterocycles. The second-order valence-corrected chi connectivity index (χ2v) is 2.37. The lowest BCUT2D eigenvalue weighted by atomic mass is 10.2. The van der Waals surface area contributed by atoms with Crippen molar-refractivity contribution in [3.63, 3.8) is 0 Å². The molecule has 0 aromatic carbocycles. The van der Waals surface area contributed by atoms with Gasteiger partial charge in [0.05, 0.1) is 6.04 Å². The minimum Gasteiger partial charge on any atom is -0.321 e. The molecular weight excluding hydrogens is 121 g/mol. The predicted molar refractivity (Wildman–Crippen MR) is 37.6 cm³/mol. The van der Waals surface area contributed by atoms with Crippen LogP contribution in [0.4, 0.5) is 0 Å². The predicted octanol–water partition coefficient (Wildman–Crippen LogP) is 0.515. The topological polar surface area (TPSA) is 43.1 Å². The zero-order valence-electron chi connectivity index (χ0n) is 5.05. The summed E-state index contributed by atoms with van der Waals surface area (Å²) >= 11 is 0. The molecule has 8 heavy (non-hydrogen) atoms. The maximum Gasteiger partial charge on any atom is 0.164 e. The zero-order valence-corrected chi connectivity index (χ0v) is 6.21. The number of carbonyl (C=O) groups is 1. The Morgan fingerprint density at radius 2 is 2.38 bits per heavy atom. The van der Waals surface area contributed by atoms with E-state index in [-0.39, 0.29) is 11.6 Å². The zero-order chi connectivity index (χ0) is 6.57. The highest BCUT2D eigenvalue weighted by atomic mass is 31.0. The smallest absolute Gasteiger partial charge is 0.164 e. The van der Waals surface area contributed by atoms with Crippen LogP contribution in [0.15, 0.2) is 0 Å². The SMILES string of the molecule is CCCC(N)C(=O)P. The van der Waals surface area contributed by atoms with Crippen molar-refractivity contribution in [2.24, 2.45) is 5.73 Å². The molecule has 0 heterocycles. The highest BCUT2D eigenvalue weighted by molar-refractivity contribution is 7.40. The van der Waals surface area contributed by atoms with Crippen LogP contribution in [0.5, 0.6) is 0 Å². The number of rotatable bonds is 3. The summed E-state index contributed by atoms with van der Waals surface area (Å²) in [4.78, 5) is 10.4. The van der Waals surface area contributed by atoms with Crippen LogP contribution in [0, 0.1) is 0 Å². The van der Waals surface area contributed by atoms with Crippen LogP contribution in [-0.2, 0) is 4.79 Å². The normalized spacial score (nSPS) is 13.4. The molecule has 0 aliphatic heterocycles. The van der Waals surface area contributed by atoms with Gasteiger partial charge in [-0.15, -0.1) is 0 Å². The summed E-state index contributed by atoms with van der Waals surface area (Å²) in [6.07, 6.45) is 1.77. The van der Waals surface area contributed by atoms with Gasteiger partial charge in [0, 0.05) is 0 Å². The Kier molecular flexibility index (Phi) is 4.02. The van der Waals surface area contributed by atoms with Crippen LogP contribution in [0.1, 0.15) is 19.8 Å². The summed E-state index contributed by atoms with van der Waals surface area (Å²) in [7, 11) is 2.08. The van der Waals surface area contributed by atoms with Gasteiger partial charge in [0.1, 0.15) is 0 Å². The van der Waals surface area contributed by atoms with E-state index in [4.69, 9.17) is 5.73 Å². The number of hydrogen-bond donors (Lipinski definition) is 1. The average Bonchev–Trinajstić information content (AvgIpc) is 1.67. The molecule has 0 aliphatic rings. The third-order valence-electron chi connectivity index (χ3n) is 0.965. The van der Waals surface area contributed by atoms with Gasteiger partial charge in [-0.2, -0.15) is 0 Å². The summed E-state index contributed by atoms with van der Waals surface area (Å²) in [5, 5.41) is 0. The first-order chi connectivity index (χ1) is 3.68. The van der Waals surface area contributed by atoms with Crippen molar-refractivity contribution in [1.29, 1.82) is 0 Å². The molecular formula is C5H12NOP. The van der Waals surface area contributed by atoms with Gasteiger partial charge in [-0.05, 0) is 6.42 Å². The summed E-state index contributed by atoms with van der Waals surface area (Å²) in [6.45, 7) is 2.01. The second kappa shape index (κ2) is 3.99. The molecule has 0 amide bonds. The van der Waals surface area contributed by atoms with Gasteiger partial charge in [-0.1, -0.05) is 22.6 Å². The number of nitrogens with two attached hydrogens (primary N) is 1. The molecule has 2 nitrogen and oxygen atoms in total. The lowest BCUT2D eigenvalue weighted by Gasteiger charge is -2.02. The van der Waals surface area contributed by atoms with Crippen molar-refractivity contribution in [1.82, 2.24) is 0 Å². The Morgan fingerprint density at radius 3 is 2.50 bits per heavy atom. The van der Waals surface area contributed by atoms with Gasteiger partial charge >= 0.3 is 0 Å². The Morgan fingerprint density at radius 1 is 1.88 bits per heavy atom. The number of carbonyl (C=O) groups excluding carboxylic acids is 1. The van der Waals surface area contributed by atoms with E-state index in [9.17, 15) is 4.79 Å². The van der Waals surface area contributed by atoms with Crippen LogP contribution in [0.3, 0.4) is 0 Å². The van der Waals surface area contributed by atoms with Crippen molar-refractivity contribution in [2.45, 2.75) is 25.8 Å². The Hall–Kier alpha value is 0.0600. The van der Waals surface area contributed by atoms with Gasteiger partial charge in [0.25, 0.3) is 0 Å². The minimum atomic E-state index is -0.259. The Labute approximate surface area is 52.0 Å². The molecule has 2 unspecified atom stereocenters. The molecule has 2 atom stereocenters. The van der Waals surface area contributed by atoms with Crippen molar-refractivity contribution in [3.8, 4) is 0 Å². The standard InChI is InChI=1S/C5H12NOP/c1-2-3-4(6)5(7)8/h4H,2-3,6,8H2,1H3. The van der Waals surface area contributed by atoms with Crippen LogP contribution in [0.25, 0.3) is 0 Å². The third-order valence-corrected chi connectivity index (χ3v) is 1.39. The summed E-state index contributed by atoms with van der Waals surface area (Å²) < 4.78 is 0. The van der Waals surface area contributed by atoms with Crippen molar-refractivity contribution in [2.75, 3.05) is 0 Å². The maximum absolute atomic E-state index is 10.4. The van der Waals surface area contributed by atoms with Crippen LogP contribution in [-0.4, -0.2) is 11.6 Å². The van der Waals surface area contributed by atoms with Crippen LogP contribution < -0.4 is 5.73 Å². The highest BCUT2D eigenvalue weighted by Crippen LogP contribution is 1.98. The Balaban J connectivity index is 3.32. The summed E-state index contributed by atoms with van der Waals surface area (Å²) in [5.41, 5.74) is 5.36. The molecule has 2 N–H and O–H groups in total. The van der Waals surface area contributed by atoms with Gasteiger partial charge in [-0.25, -0.2) is 0 Å². The van der Waals surface area contributed by atoms with Gasteiger partial charge in [-0.3, -0.25) is 4.79 Å². The third kappa shape index (κ3) is 3.11. The number of hydrogen-bond acceptors (Lipinski definition) is 2. The molecule has 0 aromatic rings. The molecule has 0 rings (SSSR count). The minimum absolute atomic E-state index is 0.00634. The molecule has 0 fully saturated rings. The van der Waals surface area contributed by atoms with E-state index >= 15 is 0 Å². The van der Waals surface area contributed by atoms with E-state index in [1.165, 1.54) is 0 Å². The molecule has 0 aliphatic carbocycles. The summed E-state index contributed by atoms with van der Waals surface area (Å²) in [5.74, 6) is 0. The maximum atomic E-state index is 10.4. The van der Waals surface area contributed by atoms with E-state index in [0.29, 0.717) is 0 Å². The molecule has 0 saturated carbocycles. The van der Waals surface area contributed by atoms with Gasteiger partial charge in [0.2, 0.25) is 0 Å². The monoisotopic (exact) mass is 133 g/mol. The van der Waals surface area contributed by atoms with E-state index in [1.807, 2.05) is 6.92 Å². The first-order valence-electron chi connectivity index (χ1n) is 2.73. The van der Waals surface area contributed by atoms with E-state index in [0.717, 1.165) is 12.8 Å². The first-order valence-corrected chi connectivity index (χ1v) is 3.31. The molecule has 0 bridgehead atoms. The van der Waals surface area contributed by atoms with Crippen molar-refractivity contribution in [3.05, 3.63) is 0 Å². The van der Waals surface area contributed by atoms with Crippen molar-refractivity contribution >= 4 is 14.8 Å². The quantitative estimate of drug-likeness (QED) is 0.570. The fourth-order valence-corrected chi connectivity index (χ4v) is 0.620. The summed E-state index contributed by atoms with van der Waals surface area (Å²) in [6, 6.07) is -0.259. The first kappa shape index (κ1) is 8.06. The molecule has 3 heteroatoms. The Bertz CT molecular complexity index is 84.5.